The number of ether oxygens (including phenoxy) is 3. The maximum absolute atomic E-state index is 14.3. The second-order valence-electron chi connectivity index (χ2n) is 9.30. The van der Waals surface area contributed by atoms with Crippen LogP contribution < -0.4 is 24.4 Å². The van der Waals surface area contributed by atoms with Gasteiger partial charge in [0.2, 0.25) is 0 Å². The second kappa shape index (κ2) is 12.5. The number of rotatable bonds is 8. The fourth-order valence-electron chi connectivity index (χ4n) is 4.58. The average molecular weight is 629 g/mol. The number of allylic oxidation sites excluding steroid dienone is 1. The summed E-state index contributed by atoms with van der Waals surface area (Å²) < 4.78 is 60.4. The molecule has 12 heteroatoms. The zero-order valence-electron chi connectivity index (χ0n) is 22.9. The van der Waals surface area contributed by atoms with E-state index in [4.69, 9.17) is 25.8 Å². The van der Waals surface area contributed by atoms with Gasteiger partial charge in [0.1, 0.15) is 6.61 Å². The van der Waals surface area contributed by atoms with Gasteiger partial charge in [-0.3, -0.25) is 9.36 Å². The normalized spacial score (nSPS) is 15.1. The van der Waals surface area contributed by atoms with Crippen LogP contribution in [-0.2, 0) is 16.1 Å². The number of nitrogens with zero attached hydrogens (tertiary/aromatic N) is 2. The molecule has 4 aromatic rings. The van der Waals surface area contributed by atoms with E-state index in [2.05, 4.69) is 4.99 Å². The van der Waals surface area contributed by atoms with Gasteiger partial charge in [0, 0.05) is 5.02 Å². The van der Waals surface area contributed by atoms with E-state index in [0.717, 1.165) is 21.5 Å². The average Bonchev–Trinajstić information content (AvgIpc) is 3.30. The fraction of sp³-hybridized carbons (Fsp3) is 0.194. The van der Waals surface area contributed by atoms with Crippen LogP contribution in [0, 0.1) is 0 Å². The van der Waals surface area contributed by atoms with Gasteiger partial charge in [0.15, 0.2) is 22.0 Å². The number of halogens is 4. The maximum Gasteiger partial charge on any atom is 0.434 e. The van der Waals surface area contributed by atoms with E-state index in [1.807, 2.05) is 12.1 Å². The number of alkyl halides is 3. The zero-order valence-corrected chi connectivity index (χ0v) is 24.4. The first-order valence-corrected chi connectivity index (χ1v) is 14.2. The number of fused-ring (bicyclic) bond motifs is 1. The van der Waals surface area contributed by atoms with Crippen molar-refractivity contribution >= 4 is 35.0 Å². The lowest BCUT2D eigenvalue weighted by Gasteiger charge is -2.26. The molecular weight excluding hydrogens is 605 g/mol. The van der Waals surface area contributed by atoms with Gasteiger partial charge in [-0.1, -0.05) is 71.5 Å². The van der Waals surface area contributed by atoms with Gasteiger partial charge in [-0.2, -0.15) is 13.2 Å². The van der Waals surface area contributed by atoms with Gasteiger partial charge in [0.25, 0.3) is 5.56 Å². The molecule has 0 saturated heterocycles. The van der Waals surface area contributed by atoms with Crippen molar-refractivity contribution in [2.24, 2.45) is 4.99 Å². The predicted molar refractivity (Wildman–Crippen MR) is 156 cm³/mol. The summed E-state index contributed by atoms with van der Waals surface area (Å²) in [5, 5.41) is 0.609. The van der Waals surface area contributed by atoms with Crippen molar-refractivity contribution in [1.82, 2.24) is 4.57 Å². The predicted octanol–water partition coefficient (Wildman–Crippen LogP) is 5.58. The number of carbonyl (C=O) groups excluding carboxylic acids is 1. The van der Waals surface area contributed by atoms with Crippen LogP contribution in [0.4, 0.5) is 13.2 Å². The van der Waals surface area contributed by atoms with Crippen LogP contribution in [0.2, 0.25) is 5.02 Å². The summed E-state index contributed by atoms with van der Waals surface area (Å²) in [6.45, 7) is 1.59. The van der Waals surface area contributed by atoms with Crippen LogP contribution in [0.3, 0.4) is 0 Å². The van der Waals surface area contributed by atoms with Crippen molar-refractivity contribution in [2.75, 3.05) is 13.7 Å². The highest BCUT2D eigenvalue weighted by Gasteiger charge is 2.45. The topological polar surface area (TPSA) is 79.1 Å². The highest BCUT2D eigenvalue weighted by Crippen LogP contribution is 2.38. The van der Waals surface area contributed by atoms with Crippen molar-refractivity contribution < 1.29 is 32.2 Å². The van der Waals surface area contributed by atoms with Gasteiger partial charge in [-0.25, -0.2) is 9.79 Å². The molecule has 0 bridgehead atoms. The minimum Gasteiger partial charge on any atom is -0.493 e. The van der Waals surface area contributed by atoms with Crippen LogP contribution >= 0.6 is 22.9 Å². The van der Waals surface area contributed by atoms with E-state index < -0.39 is 35.0 Å². The smallest absolute Gasteiger partial charge is 0.434 e. The van der Waals surface area contributed by atoms with E-state index >= 15 is 0 Å². The van der Waals surface area contributed by atoms with Crippen LogP contribution in [0.15, 0.2) is 93.9 Å². The van der Waals surface area contributed by atoms with Gasteiger partial charge >= 0.3 is 12.1 Å². The minimum atomic E-state index is -4.97. The number of carbonyl (C=O) groups is 1. The Morgan fingerprint density at radius 3 is 2.44 bits per heavy atom. The van der Waals surface area contributed by atoms with Crippen molar-refractivity contribution in [3.05, 3.63) is 125 Å². The number of methoxy groups -OCH3 is 1. The Kier molecular flexibility index (Phi) is 8.74. The van der Waals surface area contributed by atoms with Crippen LogP contribution in [0.5, 0.6) is 11.5 Å². The molecule has 222 valence electrons. The molecule has 3 aromatic carbocycles. The van der Waals surface area contributed by atoms with E-state index in [-0.39, 0.29) is 22.5 Å². The molecule has 1 aliphatic heterocycles. The summed E-state index contributed by atoms with van der Waals surface area (Å²) in [6, 6.07) is 18.8. The van der Waals surface area contributed by atoms with E-state index in [0.29, 0.717) is 27.6 Å². The van der Waals surface area contributed by atoms with Crippen molar-refractivity contribution in [3.8, 4) is 11.5 Å². The van der Waals surface area contributed by atoms with Gasteiger partial charge in [-0.15, -0.1) is 0 Å². The Labute approximate surface area is 252 Å². The molecule has 43 heavy (non-hydrogen) atoms. The second-order valence-corrected chi connectivity index (χ2v) is 10.7. The monoisotopic (exact) mass is 628 g/mol. The van der Waals surface area contributed by atoms with E-state index in [9.17, 15) is 22.8 Å². The van der Waals surface area contributed by atoms with Gasteiger partial charge in [-0.05, 0) is 54.0 Å². The molecule has 0 spiro atoms. The lowest BCUT2D eigenvalue weighted by atomic mass is 9.95. The third-order valence-electron chi connectivity index (χ3n) is 6.50. The molecule has 0 saturated carbocycles. The van der Waals surface area contributed by atoms with Crippen molar-refractivity contribution in [3.63, 3.8) is 0 Å². The molecule has 2 heterocycles. The third kappa shape index (κ3) is 6.37. The summed E-state index contributed by atoms with van der Waals surface area (Å²) in [4.78, 5) is 30.3. The summed E-state index contributed by atoms with van der Waals surface area (Å²) in [5.41, 5.74) is -1.01. The third-order valence-corrected chi connectivity index (χ3v) is 7.74. The largest absolute Gasteiger partial charge is 0.493 e. The molecule has 0 amide bonds. The summed E-state index contributed by atoms with van der Waals surface area (Å²) in [7, 11) is 1.47. The lowest BCUT2D eigenvalue weighted by molar-refractivity contribution is -0.140. The minimum absolute atomic E-state index is 0.114. The van der Waals surface area contributed by atoms with Crippen molar-refractivity contribution in [2.45, 2.75) is 25.7 Å². The number of benzene rings is 3. The number of thiazole rings is 1. The molecule has 0 aliphatic carbocycles. The van der Waals surface area contributed by atoms with Gasteiger partial charge < -0.3 is 14.2 Å². The molecule has 1 atom stereocenters. The lowest BCUT2D eigenvalue weighted by Crippen LogP contribution is -2.41. The number of aromatic nitrogens is 1. The molecular formula is C31H24ClF3N2O5S. The van der Waals surface area contributed by atoms with E-state index in [1.165, 1.54) is 20.1 Å². The molecule has 0 fully saturated rings. The maximum atomic E-state index is 14.3. The molecule has 1 unspecified atom stereocenters. The van der Waals surface area contributed by atoms with Crippen LogP contribution in [-0.4, -0.2) is 30.4 Å². The van der Waals surface area contributed by atoms with Crippen molar-refractivity contribution in [1.29, 1.82) is 0 Å². The summed E-state index contributed by atoms with van der Waals surface area (Å²) >= 11 is 6.73. The number of hydrogen-bond donors (Lipinski definition) is 0. The summed E-state index contributed by atoms with van der Waals surface area (Å²) in [6.07, 6.45) is -3.45. The summed E-state index contributed by atoms with van der Waals surface area (Å²) in [5.74, 6) is -0.351. The highest BCUT2D eigenvalue weighted by atomic mass is 35.5. The fourth-order valence-corrected chi connectivity index (χ4v) is 5.70. The SMILES string of the molecule is CCOC(=O)C1=C(C(F)(F)F)N=c2sc(=Cc3ccc(OCc4ccc(Cl)cc4)c(OC)c3)c(=O)n2C1c1ccccc1. The first-order chi connectivity index (χ1) is 20.6. The van der Waals surface area contributed by atoms with Crippen LogP contribution in [0.25, 0.3) is 6.08 Å². The Morgan fingerprint density at radius 2 is 1.79 bits per heavy atom. The Morgan fingerprint density at radius 1 is 1.07 bits per heavy atom. The first kappa shape index (κ1) is 30.1. The highest BCUT2D eigenvalue weighted by molar-refractivity contribution is 7.07. The van der Waals surface area contributed by atoms with Crippen LogP contribution in [0.1, 0.15) is 29.7 Å². The molecule has 0 N–H and O–H groups in total. The zero-order chi connectivity index (χ0) is 30.7. The van der Waals surface area contributed by atoms with Gasteiger partial charge in [0.05, 0.1) is 29.9 Å². The number of hydrogen-bond acceptors (Lipinski definition) is 7. The molecule has 0 radical (unpaired) electrons. The molecule has 1 aliphatic rings. The first-order valence-electron chi connectivity index (χ1n) is 13.0. The Hall–Kier alpha value is -4.35. The molecule has 7 nitrogen and oxygen atoms in total. The Bertz CT molecular complexity index is 1870. The van der Waals surface area contributed by atoms with E-state index in [1.54, 1.807) is 60.7 Å². The molecule has 1 aromatic heterocycles. The molecule has 5 rings (SSSR count). The standard InChI is InChI=1S/C31H24ClF3N2O5S/c1-3-41-29(39)25-26(20-7-5-4-6-8-20)37-28(38)24(43-30(37)36-27(25)31(33,34)35)16-19-11-14-22(23(15-19)40-2)42-17-18-9-12-21(32)13-10-18/h4-16,26H,3,17H2,1-2H3. The quantitative estimate of drug-likeness (QED) is 0.238. The Balaban J connectivity index is 1.59. The number of esters is 1.